The van der Waals surface area contributed by atoms with Gasteiger partial charge in [0.05, 0.1) is 0 Å². The van der Waals surface area contributed by atoms with Crippen LogP contribution in [0, 0.1) is 27.7 Å². The lowest BCUT2D eigenvalue weighted by Crippen LogP contribution is -1.78. The van der Waals surface area contributed by atoms with Crippen molar-refractivity contribution in [2.75, 3.05) is 0 Å². The van der Waals surface area contributed by atoms with Crippen LogP contribution in [0.15, 0.2) is 0 Å². The third kappa shape index (κ3) is 0.750. The van der Waals surface area contributed by atoms with Gasteiger partial charge in [0.2, 0.25) is 0 Å². The fourth-order valence-electron chi connectivity index (χ4n) is 1.75. The first-order chi connectivity index (χ1) is 5.61. The van der Waals surface area contributed by atoms with Crippen LogP contribution in [0.5, 0.6) is 0 Å². The molecule has 2 heterocycles. The van der Waals surface area contributed by atoms with E-state index < -0.39 is 0 Å². The smallest absolute Gasteiger partial charge is 0.115 e. The molecule has 0 aromatic carbocycles. The summed E-state index contributed by atoms with van der Waals surface area (Å²) in [5.41, 5.74) is 6.43. The fourth-order valence-corrected chi connectivity index (χ4v) is 1.75. The Morgan fingerprint density at radius 1 is 0.750 bits per heavy atom. The van der Waals surface area contributed by atoms with E-state index >= 15 is 0 Å². The molecular formula is C10H14N2. The minimum atomic E-state index is 1.17. The maximum Gasteiger partial charge on any atom is 0.115 e. The highest BCUT2D eigenvalue weighted by Crippen LogP contribution is 2.26. The third-order valence-corrected chi connectivity index (χ3v) is 2.75. The Labute approximate surface area is 72.0 Å². The number of aryl methyl sites for hydroxylation is 4. The zero-order valence-corrected chi connectivity index (χ0v) is 8.00. The summed E-state index contributed by atoms with van der Waals surface area (Å²) >= 11 is 0. The van der Waals surface area contributed by atoms with Crippen LogP contribution < -0.4 is 0 Å². The van der Waals surface area contributed by atoms with E-state index in [0.717, 1.165) is 0 Å². The molecule has 0 saturated heterocycles. The van der Waals surface area contributed by atoms with Crippen LogP contribution >= 0.6 is 0 Å². The fraction of sp³-hybridized carbons (Fsp3) is 0.400. The number of hydrogen-bond donors (Lipinski definition) is 2. The zero-order valence-electron chi connectivity index (χ0n) is 8.00. The summed E-state index contributed by atoms with van der Waals surface area (Å²) in [5, 5.41) is 1.37. The van der Waals surface area contributed by atoms with Crippen molar-refractivity contribution in [3.8, 4) is 0 Å². The Kier molecular flexibility index (Phi) is 1.34. The van der Waals surface area contributed by atoms with E-state index in [2.05, 4.69) is 37.7 Å². The second-order valence-electron chi connectivity index (χ2n) is 3.50. The minimum absolute atomic E-state index is 1.17. The van der Waals surface area contributed by atoms with Crippen LogP contribution in [-0.2, 0) is 0 Å². The second-order valence-corrected chi connectivity index (χ2v) is 3.50. The molecule has 0 fully saturated rings. The van der Waals surface area contributed by atoms with Gasteiger partial charge in [-0.05, 0) is 38.8 Å². The van der Waals surface area contributed by atoms with Crippen molar-refractivity contribution in [3.05, 3.63) is 22.5 Å². The Morgan fingerprint density at radius 2 is 1.17 bits per heavy atom. The van der Waals surface area contributed by atoms with Crippen LogP contribution in [0.25, 0.3) is 11.0 Å². The number of hydrogen-bond acceptors (Lipinski definition) is 0. The predicted molar refractivity (Wildman–Crippen MR) is 51.6 cm³/mol. The Balaban J connectivity index is 2.94. The van der Waals surface area contributed by atoms with E-state index in [1.165, 1.54) is 33.5 Å². The first kappa shape index (κ1) is 7.47. The molecule has 0 aliphatic rings. The molecule has 0 unspecified atom stereocenters. The van der Waals surface area contributed by atoms with Crippen LogP contribution in [0.2, 0.25) is 0 Å². The van der Waals surface area contributed by atoms with Gasteiger partial charge in [0.1, 0.15) is 5.65 Å². The molecule has 0 radical (unpaired) electrons. The Bertz CT molecular complexity index is 395. The average molecular weight is 162 g/mol. The lowest BCUT2D eigenvalue weighted by Gasteiger charge is -1.92. The summed E-state index contributed by atoms with van der Waals surface area (Å²) in [6, 6.07) is 0. The van der Waals surface area contributed by atoms with E-state index in [1.807, 2.05) is 0 Å². The van der Waals surface area contributed by atoms with Gasteiger partial charge >= 0.3 is 0 Å². The molecule has 12 heavy (non-hydrogen) atoms. The Morgan fingerprint density at radius 3 is 1.50 bits per heavy atom. The molecule has 0 atom stereocenters. The van der Waals surface area contributed by atoms with Crippen LogP contribution in [0.3, 0.4) is 0 Å². The zero-order chi connectivity index (χ0) is 8.88. The monoisotopic (exact) mass is 162 g/mol. The summed E-state index contributed by atoms with van der Waals surface area (Å²) in [7, 11) is 0. The number of fused-ring (bicyclic) bond motifs is 1. The molecule has 0 aliphatic heterocycles. The van der Waals surface area contributed by atoms with Gasteiger partial charge < -0.3 is 9.97 Å². The maximum atomic E-state index is 3.33. The van der Waals surface area contributed by atoms with Gasteiger partial charge in [-0.25, -0.2) is 0 Å². The van der Waals surface area contributed by atoms with Gasteiger partial charge in [-0.3, -0.25) is 0 Å². The van der Waals surface area contributed by atoms with Crippen LogP contribution in [-0.4, -0.2) is 9.97 Å². The van der Waals surface area contributed by atoms with Crippen LogP contribution in [0.4, 0.5) is 0 Å². The van der Waals surface area contributed by atoms with Gasteiger partial charge in [0, 0.05) is 16.8 Å². The highest BCUT2D eigenvalue weighted by molar-refractivity contribution is 5.86. The summed E-state index contributed by atoms with van der Waals surface area (Å²) in [4.78, 5) is 6.67. The maximum absolute atomic E-state index is 3.33. The largest absolute Gasteiger partial charge is 0.345 e. The quantitative estimate of drug-likeness (QED) is 0.597. The molecule has 2 heteroatoms. The molecule has 0 aliphatic carbocycles. The molecule has 2 nitrogen and oxygen atoms in total. The van der Waals surface area contributed by atoms with Crippen molar-refractivity contribution in [1.82, 2.24) is 9.97 Å². The molecule has 2 rings (SSSR count). The topological polar surface area (TPSA) is 31.6 Å². The average Bonchev–Trinajstić information content (AvgIpc) is 2.40. The van der Waals surface area contributed by atoms with Gasteiger partial charge in [-0.2, -0.15) is 0 Å². The normalized spacial score (nSPS) is 11.3. The van der Waals surface area contributed by atoms with E-state index in [-0.39, 0.29) is 0 Å². The molecule has 2 N–H and O–H groups in total. The van der Waals surface area contributed by atoms with Crippen molar-refractivity contribution >= 4 is 11.0 Å². The number of aromatic amines is 2. The lowest BCUT2D eigenvalue weighted by molar-refractivity contribution is 1.18. The van der Waals surface area contributed by atoms with E-state index in [9.17, 15) is 0 Å². The van der Waals surface area contributed by atoms with E-state index in [1.54, 1.807) is 0 Å². The highest BCUT2D eigenvalue weighted by Gasteiger charge is 2.10. The number of H-pyrrole nitrogens is 2. The molecule has 64 valence electrons. The first-order valence-electron chi connectivity index (χ1n) is 4.25. The molecule has 2 aromatic heterocycles. The van der Waals surface area contributed by atoms with Gasteiger partial charge in [0.15, 0.2) is 0 Å². The third-order valence-electron chi connectivity index (χ3n) is 2.75. The summed E-state index contributed by atoms with van der Waals surface area (Å²) in [6.07, 6.45) is 0. The Hall–Kier alpha value is -1.18. The molecule has 2 aromatic rings. The van der Waals surface area contributed by atoms with Gasteiger partial charge in [-0.1, -0.05) is 0 Å². The van der Waals surface area contributed by atoms with Crippen molar-refractivity contribution in [2.24, 2.45) is 0 Å². The first-order valence-corrected chi connectivity index (χ1v) is 4.25. The molecular weight excluding hydrogens is 148 g/mol. The second kappa shape index (κ2) is 2.16. The standard InChI is InChI=1S/C10H14N2/c1-5-7(3)11-10-9(5)6(2)8(4)12-10/h11-12H,1-4H3. The number of rotatable bonds is 0. The molecule has 0 spiro atoms. The van der Waals surface area contributed by atoms with Crippen molar-refractivity contribution in [1.29, 1.82) is 0 Å². The van der Waals surface area contributed by atoms with Gasteiger partial charge in [-0.15, -0.1) is 0 Å². The SMILES string of the molecule is Cc1[nH]c2[nH]c(C)c(C)c2c1C. The summed E-state index contributed by atoms with van der Waals surface area (Å²) in [5.74, 6) is 0. The molecule has 0 saturated carbocycles. The van der Waals surface area contributed by atoms with Gasteiger partial charge in [0.25, 0.3) is 0 Å². The van der Waals surface area contributed by atoms with Crippen LogP contribution in [0.1, 0.15) is 22.5 Å². The lowest BCUT2D eigenvalue weighted by atomic mass is 10.1. The summed E-state index contributed by atoms with van der Waals surface area (Å²) in [6.45, 7) is 8.54. The predicted octanol–water partition coefficient (Wildman–Crippen LogP) is 2.73. The summed E-state index contributed by atoms with van der Waals surface area (Å²) < 4.78 is 0. The van der Waals surface area contributed by atoms with Crippen molar-refractivity contribution < 1.29 is 0 Å². The number of nitrogens with one attached hydrogen (secondary N) is 2. The number of aromatic nitrogens is 2. The van der Waals surface area contributed by atoms with Crippen molar-refractivity contribution in [2.45, 2.75) is 27.7 Å². The van der Waals surface area contributed by atoms with E-state index in [4.69, 9.17) is 0 Å². The minimum Gasteiger partial charge on any atom is -0.345 e. The molecule has 0 amide bonds. The van der Waals surface area contributed by atoms with Crippen molar-refractivity contribution in [3.63, 3.8) is 0 Å². The molecule has 0 bridgehead atoms. The van der Waals surface area contributed by atoms with E-state index in [0.29, 0.717) is 0 Å². The highest BCUT2D eigenvalue weighted by atomic mass is 14.9.